The van der Waals surface area contributed by atoms with Crippen molar-refractivity contribution in [1.29, 1.82) is 0 Å². The van der Waals surface area contributed by atoms with Gasteiger partial charge in [0.2, 0.25) is 21.8 Å². The summed E-state index contributed by atoms with van der Waals surface area (Å²) in [4.78, 5) is 50.3. The van der Waals surface area contributed by atoms with Gasteiger partial charge in [0.1, 0.15) is 10.9 Å². The number of rotatable bonds is 8. The van der Waals surface area contributed by atoms with Crippen molar-refractivity contribution in [2.45, 2.75) is 57.0 Å². The van der Waals surface area contributed by atoms with Crippen LogP contribution in [0.2, 0.25) is 0 Å². The standard InChI is InChI=1S/C22H25N5O6S/c1-3-26-12-18(13(2)25-26)34(32,33)23-10-4-5-14-6-7-15-16(11-14)22(31)27(21(15)30)17-8-9-19(28)24-20(17)29/h6-7,11-12,17,23H,3-5,8-10H2,1-2H3,(H,24,28,29). The lowest BCUT2D eigenvalue weighted by molar-refractivity contribution is -0.136. The van der Waals surface area contributed by atoms with Gasteiger partial charge >= 0.3 is 0 Å². The maximum absolute atomic E-state index is 12.9. The van der Waals surface area contributed by atoms with E-state index in [1.807, 2.05) is 6.92 Å². The molecule has 1 fully saturated rings. The Balaban J connectivity index is 1.39. The van der Waals surface area contributed by atoms with Crippen molar-refractivity contribution in [1.82, 2.24) is 24.7 Å². The van der Waals surface area contributed by atoms with Gasteiger partial charge < -0.3 is 0 Å². The summed E-state index contributed by atoms with van der Waals surface area (Å²) in [6.07, 6.45) is 2.60. The second kappa shape index (κ2) is 9.11. The van der Waals surface area contributed by atoms with Crippen LogP contribution in [0.15, 0.2) is 29.3 Å². The number of nitrogens with zero attached hydrogens (tertiary/aromatic N) is 3. The number of nitrogens with one attached hydrogen (secondary N) is 2. The van der Waals surface area contributed by atoms with Gasteiger partial charge in [0.15, 0.2) is 0 Å². The lowest BCUT2D eigenvalue weighted by Gasteiger charge is -2.27. The number of carbonyl (C=O) groups excluding carboxylic acids is 4. The average molecular weight is 488 g/mol. The Morgan fingerprint density at radius 2 is 1.88 bits per heavy atom. The predicted molar refractivity (Wildman–Crippen MR) is 119 cm³/mol. The number of piperidine rings is 1. The predicted octanol–water partition coefficient (Wildman–Crippen LogP) is 0.524. The van der Waals surface area contributed by atoms with E-state index in [4.69, 9.17) is 0 Å². The Kier molecular flexibility index (Phi) is 6.36. The van der Waals surface area contributed by atoms with Crippen molar-refractivity contribution in [2.75, 3.05) is 6.54 Å². The van der Waals surface area contributed by atoms with Crippen LogP contribution in [0.25, 0.3) is 0 Å². The lowest BCUT2D eigenvalue weighted by atomic mass is 10.0. The van der Waals surface area contributed by atoms with Crippen molar-refractivity contribution >= 4 is 33.7 Å². The van der Waals surface area contributed by atoms with Crippen molar-refractivity contribution in [2.24, 2.45) is 0 Å². The molecule has 4 amide bonds. The van der Waals surface area contributed by atoms with E-state index in [1.165, 1.54) is 6.20 Å². The summed E-state index contributed by atoms with van der Waals surface area (Å²) >= 11 is 0. The highest BCUT2D eigenvalue weighted by molar-refractivity contribution is 7.89. The zero-order valence-electron chi connectivity index (χ0n) is 18.8. The number of benzene rings is 1. The summed E-state index contributed by atoms with van der Waals surface area (Å²) in [5.41, 5.74) is 1.61. The van der Waals surface area contributed by atoms with Gasteiger partial charge in [-0.15, -0.1) is 0 Å². The quantitative estimate of drug-likeness (QED) is 0.407. The summed E-state index contributed by atoms with van der Waals surface area (Å²) < 4.78 is 29.2. The number of sulfonamides is 1. The molecular formula is C22H25N5O6S. The molecule has 2 aliphatic rings. The minimum atomic E-state index is -3.69. The zero-order valence-corrected chi connectivity index (χ0v) is 19.6. The largest absolute Gasteiger partial charge is 0.295 e. The Hall–Kier alpha value is -3.38. The molecule has 2 aromatic rings. The van der Waals surface area contributed by atoms with E-state index in [2.05, 4.69) is 15.1 Å². The zero-order chi connectivity index (χ0) is 24.6. The third-order valence-corrected chi connectivity index (χ3v) is 7.52. The van der Waals surface area contributed by atoms with Crippen molar-refractivity contribution in [3.05, 3.63) is 46.8 Å². The van der Waals surface area contributed by atoms with Crippen LogP contribution in [0, 0.1) is 6.92 Å². The molecule has 0 saturated carbocycles. The number of imide groups is 2. The number of hydrogen-bond acceptors (Lipinski definition) is 7. The molecule has 12 heteroatoms. The topological polar surface area (TPSA) is 148 Å². The molecule has 11 nitrogen and oxygen atoms in total. The van der Waals surface area contributed by atoms with Crippen molar-refractivity contribution in [3.63, 3.8) is 0 Å². The number of aryl methyl sites for hydroxylation is 3. The van der Waals surface area contributed by atoms with E-state index >= 15 is 0 Å². The number of carbonyl (C=O) groups is 4. The molecule has 1 unspecified atom stereocenters. The molecule has 1 aromatic heterocycles. The Labute approximate surface area is 196 Å². The third kappa shape index (κ3) is 4.38. The molecular weight excluding hydrogens is 462 g/mol. The van der Waals surface area contributed by atoms with E-state index in [9.17, 15) is 27.6 Å². The number of fused-ring (bicyclic) bond motifs is 1. The SMILES string of the molecule is CCn1cc(S(=O)(=O)NCCCc2ccc3c(c2)C(=O)N(C2CCC(=O)NC2=O)C3=O)c(C)n1. The lowest BCUT2D eigenvalue weighted by Crippen LogP contribution is -2.54. The van der Waals surface area contributed by atoms with E-state index in [0.29, 0.717) is 25.1 Å². The van der Waals surface area contributed by atoms with E-state index < -0.39 is 39.7 Å². The number of aromatic nitrogens is 2. The van der Waals surface area contributed by atoms with Crippen LogP contribution in [0.3, 0.4) is 0 Å². The average Bonchev–Trinajstić information content (AvgIpc) is 3.29. The van der Waals surface area contributed by atoms with Gasteiger partial charge in [-0.05, 0) is 50.8 Å². The van der Waals surface area contributed by atoms with E-state index in [1.54, 1.807) is 29.8 Å². The second-order valence-electron chi connectivity index (χ2n) is 8.26. The first-order chi connectivity index (χ1) is 16.1. The molecule has 0 aliphatic carbocycles. The summed E-state index contributed by atoms with van der Waals surface area (Å²) in [6.45, 7) is 4.26. The molecule has 1 atom stereocenters. The maximum Gasteiger partial charge on any atom is 0.262 e. The van der Waals surface area contributed by atoms with E-state index in [0.717, 1.165) is 10.5 Å². The van der Waals surface area contributed by atoms with Gasteiger partial charge in [0.05, 0.1) is 16.8 Å². The number of amides is 4. The highest BCUT2D eigenvalue weighted by atomic mass is 32.2. The van der Waals surface area contributed by atoms with Gasteiger partial charge in [-0.25, -0.2) is 13.1 Å². The number of hydrogen-bond donors (Lipinski definition) is 2. The Morgan fingerprint density at radius 3 is 2.56 bits per heavy atom. The molecule has 34 heavy (non-hydrogen) atoms. The van der Waals surface area contributed by atoms with Crippen LogP contribution >= 0.6 is 0 Å². The molecule has 0 bridgehead atoms. The monoisotopic (exact) mass is 487 g/mol. The molecule has 1 saturated heterocycles. The summed E-state index contributed by atoms with van der Waals surface area (Å²) in [6, 6.07) is 3.85. The van der Waals surface area contributed by atoms with Crippen molar-refractivity contribution < 1.29 is 27.6 Å². The van der Waals surface area contributed by atoms with Crippen LogP contribution in [-0.4, -0.2) is 59.3 Å². The molecule has 3 heterocycles. The molecule has 0 radical (unpaired) electrons. The normalized spacial score (nSPS) is 18.4. The van der Waals surface area contributed by atoms with Crippen LogP contribution in [0.1, 0.15) is 58.2 Å². The first kappa shape index (κ1) is 23.8. The minimum absolute atomic E-state index is 0.0593. The Morgan fingerprint density at radius 1 is 1.15 bits per heavy atom. The van der Waals surface area contributed by atoms with Gasteiger partial charge in [-0.1, -0.05) is 6.07 Å². The summed E-state index contributed by atoms with van der Waals surface area (Å²) in [5.74, 6) is -2.21. The van der Waals surface area contributed by atoms with Gasteiger partial charge in [-0.3, -0.25) is 34.1 Å². The van der Waals surface area contributed by atoms with Crippen LogP contribution in [-0.2, 0) is 32.6 Å². The second-order valence-corrected chi connectivity index (χ2v) is 10.00. The summed E-state index contributed by atoms with van der Waals surface area (Å²) in [5, 5.41) is 6.32. The molecule has 0 spiro atoms. The highest BCUT2D eigenvalue weighted by Gasteiger charge is 2.44. The van der Waals surface area contributed by atoms with E-state index in [-0.39, 0.29) is 35.4 Å². The van der Waals surface area contributed by atoms with Crippen LogP contribution in [0.5, 0.6) is 0 Å². The third-order valence-electron chi connectivity index (χ3n) is 5.95. The molecule has 180 valence electrons. The first-order valence-electron chi connectivity index (χ1n) is 11.0. The molecule has 2 aliphatic heterocycles. The van der Waals surface area contributed by atoms with Gasteiger partial charge in [0, 0.05) is 25.7 Å². The Bertz CT molecular complexity index is 1300. The van der Waals surface area contributed by atoms with Crippen molar-refractivity contribution in [3.8, 4) is 0 Å². The van der Waals surface area contributed by atoms with Crippen LogP contribution in [0.4, 0.5) is 0 Å². The highest BCUT2D eigenvalue weighted by Crippen LogP contribution is 2.28. The van der Waals surface area contributed by atoms with Crippen LogP contribution < -0.4 is 10.0 Å². The van der Waals surface area contributed by atoms with Gasteiger partial charge in [-0.2, -0.15) is 5.10 Å². The maximum atomic E-state index is 12.9. The molecule has 2 N–H and O–H groups in total. The fourth-order valence-corrected chi connectivity index (χ4v) is 5.43. The minimum Gasteiger partial charge on any atom is -0.295 e. The summed E-state index contributed by atoms with van der Waals surface area (Å²) in [7, 11) is -3.69. The van der Waals surface area contributed by atoms with Gasteiger partial charge in [0.25, 0.3) is 11.8 Å². The molecule has 4 rings (SSSR count). The first-order valence-corrected chi connectivity index (χ1v) is 12.5. The fourth-order valence-electron chi connectivity index (χ4n) is 4.18. The smallest absolute Gasteiger partial charge is 0.262 e. The fraction of sp³-hybridized carbons (Fsp3) is 0.409. The molecule has 1 aromatic carbocycles.